The molecule has 0 spiro atoms. The maximum absolute atomic E-state index is 12.9. The number of hydrogen-bond acceptors (Lipinski definition) is 6. The average molecular weight is 458 g/mol. The van der Waals surface area contributed by atoms with E-state index in [1.807, 2.05) is 34.6 Å². The molecule has 3 rings (SSSR count). The zero-order valence-electron chi connectivity index (χ0n) is 20.3. The van der Waals surface area contributed by atoms with Crippen LogP contribution in [0.4, 0.5) is 4.79 Å². The van der Waals surface area contributed by atoms with Crippen molar-refractivity contribution in [2.45, 2.75) is 46.8 Å². The molecule has 9 nitrogen and oxygen atoms in total. The maximum atomic E-state index is 12.9. The third-order valence-electron chi connectivity index (χ3n) is 5.36. The number of piperazine rings is 1. The van der Waals surface area contributed by atoms with Crippen LogP contribution in [0, 0.1) is 5.92 Å². The first-order valence-electron chi connectivity index (χ1n) is 11.5. The molecule has 1 N–H and O–H groups in total. The van der Waals surface area contributed by atoms with Crippen LogP contribution < -0.4 is 10.9 Å². The molecule has 9 heteroatoms. The lowest BCUT2D eigenvalue weighted by molar-refractivity contribution is 0.0147. The van der Waals surface area contributed by atoms with E-state index < -0.39 is 5.60 Å². The minimum atomic E-state index is -0.506. The third-order valence-corrected chi connectivity index (χ3v) is 5.36. The van der Waals surface area contributed by atoms with Crippen LogP contribution in [0.3, 0.4) is 0 Å². The molecule has 1 aliphatic rings. The molecule has 180 valence electrons. The van der Waals surface area contributed by atoms with Crippen LogP contribution >= 0.6 is 0 Å². The highest BCUT2D eigenvalue weighted by Gasteiger charge is 2.26. The molecule has 2 heterocycles. The summed E-state index contributed by atoms with van der Waals surface area (Å²) >= 11 is 0. The van der Waals surface area contributed by atoms with Gasteiger partial charge in [0.05, 0.1) is 5.39 Å². The SMILES string of the molecule is CC(C)Cn1nc(C(=O)NCCN2CCN(C(=O)OC(C)(C)C)CC2)c2ccccc2c1=O. The summed E-state index contributed by atoms with van der Waals surface area (Å²) in [6, 6.07) is 7.09. The fourth-order valence-electron chi connectivity index (χ4n) is 3.76. The third kappa shape index (κ3) is 6.54. The van der Waals surface area contributed by atoms with Crippen molar-refractivity contribution in [1.29, 1.82) is 0 Å². The minimum Gasteiger partial charge on any atom is -0.444 e. The molecule has 0 aliphatic carbocycles. The number of ether oxygens (including phenoxy) is 1. The Morgan fingerprint density at radius 1 is 1.09 bits per heavy atom. The summed E-state index contributed by atoms with van der Waals surface area (Å²) in [5.74, 6) is -0.0669. The van der Waals surface area contributed by atoms with Gasteiger partial charge in [-0.05, 0) is 32.8 Å². The van der Waals surface area contributed by atoms with E-state index in [9.17, 15) is 14.4 Å². The fourth-order valence-corrected chi connectivity index (χ4v) is 3.76. The monoisotopic (exact) mass is 457 g/mol. The Bertz CT molecular complexity index is 1050. The second-order valence-electron chi connectivity index (χ2n) is 9.84. The van der Waals surface area contributed by atoms with Crippen molar-refractivity contribution in [2.75, 3.05) is 39.3 Å². The van der Waals surface area contributed by atoms with Gasteiger partial charge in [0.1, 0.15) is 5.60 Å². The summed E-state index contributed by atoms with van der Waals surface area (Å²) in [4.78, 5) is 41.8. The number of fused-ring (bicyclic) bond motifs is 1. The van der Waals surface area contributed by atoms with E-state index >= 15 is 0 Å². The van der Waals surface area contributed by atoms with Gasteiger partial charge in [-0.2, -0.15) is 5.10 Å². The number of carbonyl (C=O) groups is 2. The number of amides is 2. The molecule has 1 saturated heterocycles. The van der Waals surface area contributed by atoms with E-state index in [1.54, 1.807) is 29.2 Å². The molecule has 33 heavy (non-hydrogen) atoms. The highest BCUT2D eigenvalue weighted by molar-refractivity contribution is 6.04. The van der Waals surface area contributed by atoms with Crippen LogP contribution in [-0.4, -0.2) is 76.5 Å². The number of benzene rings is 1. The first-order valence-corrected chi connectivity index (χ1v) is 11.5. The van der Waals surface area contributed by atoms with E-state index in [-0.39, 0.29) is 29.2 Å². The Morgan fingerprint density at radius 2 is 1.73 bits per heavy atom. The standard InChI is InChI=1S/C24H35N5O4/c1-17(2)16-29-22(31)19-9-7-6-8-18(19)20(26-29)21(30)25-10-11-27-12-14-28(15-13-27)23(32)33-24(3,4)5/h6-9,17H,10-16H2,1-5H3,(H,25,30). The maximum Gasteiger partial charge on any atom is 0.410 e. The summed E-state index contributed by atoms with van der Waals surface area (Å²) in [6.07, 6.45) is -0.287. The van der Waals surface area contributed by atoms with Crippen molar-refractivity contribution in [3.05, 3.63) is 40.3 Å². The van der Waals surface area contributed by atoms with Crippen LogP contribution in [0.15, 0.2) is 29.1 Å². The summed E-state index contributed by atoms with van der Waals surface area (Å²) in [5.41, 5.74) is -0.423. The molecule has 1 fully saturated rings. The molecule has 2 aromatic rings. The molecular formula is C24H35N5O4. The Labute approximate surface area is 194 Å². The van der Waals surface area contributed by atoms with Crippen LogP contribution in [0.5, 0.6) is 0 Å². The number of rotatable bonds is 6. The first kappa shape index (κ1) is 24.7. The molecule has 0 bridgehead atoms. The van der Waals surface area contributed by atoms with Crippen molar-refractivity contribution in [2.24, 2.45) is 5.92 Å². The van der Waals surface area contributed by atoms with Crippen molar-refractivity contribution >= 4 is 22.8 Å². The van der Waals surface area contributed by atoms with Gasteiger partial charge in [0.25, 0.3) is 11.5 Å². The van der Waals surface area contributed by atoms with Gasteiger partial charge in [-0.1, -0.05) is 32.0 Å². The highest BCUT2D eigenvalue weighted by Crippen LogP contribution is 2.14. The topological polar surface area (TPSA) is 96.8 Å². The second-order valence-corrected chi connectivity index (χ2v) is 9.84. The van der Waals surface area contributed by atoms with Gasteiger partial charge < -0.3 is 15.0 Å². The van der Waals surface area contributed by atoms with Crippen molar-refractivity contribution in [3.8, 4) is 0 Å². The average Bonchev–Trinajstić information content (AvgIpc) is 2.74. The van der Waals surface area contributed by atoms with E-state index in [1.165, 1.54) is 4.68 Å². The summed E-state index contributed by atoms with van der Waals surface area (Å²) < 4.78 is 6.82. The normalized spacial score (nSPS) is 15.2. The van der Waals surface area contributed by atoms with Gasteiger partial charge in [0.2, 0.25) is 0 Å². The van der Waals surface area contributed by atoms with Crippen LogP contribution in [0.2, 0.25) is 0 Å². The van der Waals surface area contributed by atoms with Crippen molar-refractivity contribution in [3.63, 3.8) is 0 Å². The van der Waals surface area contributed by atoms with Gasteiger partial charge in [-0.3, -0.25) is 14.5 Å². The van der Waals surface area contributed by atoms with Gasteiger partial charge >= 0.3 is 6.09 Å². The predicted octanol–water partition coefficient (Wildman–Crippen LogP) is 2.34. The number of nitrogens with one attached hydrogen (secondary N) is 1. The van der Waals surface area contributed by atoms with Gasteiger partial charge in [0.15, 0.2) is 5.69 Å². The summed E-state index contributed by atoms with van der Waals surface area (Å²) in [5, 5.41) is 8.38. The zero-order chi connectivity index (χ0) is 24.2. The molecule has 0 radical (unpaired) electrons. The number of hydrogen-bond donors (Lipinski definition) is 1. The minimum absolute atomic E-state index is 0.182. The Hall–Kier alpha value is -2.94. The summed E-state index contributed by atoms with van der Waals surface area (Å²) in [6.45, 7) is 13.8. The number of carbonyl (C=O) groups excluding carboxylic acids is 2. The van der Waals surface area contributed by atoms with E-state index in [2.05, 4.69) is 15.3 Å². The lowest BCUT2D eigenvalue weighted by Gasteiger charge is -2.35. The van der Waals surface area contributed by atoms with E-state index in [0.717, 1.165) is 13.1 Å². The predicted molar refractivity (Wildman–Crippen MR) is 127 cm³/mol. The van der Waals surface area contributed by atoms with E-state index in [4.69, 9.17) is 4.74 Å². The summed E-state index contributed by atoms with van der Waals surface area (Å²) in [7, 11) is 0. The van der Waals surface area contributed by atoms with Gasteiger partial charge in [0, 0.05) is 51.2 Å². The lowest BCUT2D eigenvalue weighted by atomic mass is 10.1. The molecule has 1 aromatic carbocycles. The Kier molecular flexibility index (Phi) is 7.73. The molecule has 1 aromatic heterocycles. The fraction of sp³-hybridized carbons (Fsp3) is 0.583. The molecule has 2 amide bonds. The van der Waals surface area contributed by atoms with Crippen LogP contribution in [0.1, 0.15) is 45.1 Å². The second kappa shape index (κ2) is 10.3. The largest absolute Gasteiger partial charge is 0.444 e. The molecule has 1 aliphatic heterocycles. The van der Waals surface area contributed by atoms with E-state index in [0.29, 0.717) is 43.5 Å². The zero-order valence-corrected chi connectivity index (χ0v) is 20.3. The smallest absolute Gasteiger partial charge is 0.410 e. The lowest BCUT2D eigenvalue weighted by Crippen LogP contribution is -2.51. The molecule has 0 unspecified atom stereocenters. The highest BCUT2D eigenvalue weighted by atomic mass is 16.6. The van der Waals surface area contributed by atoms with Crippen molar-refractivity contribution < 1.29 is 14.3 Å². The molecule has 0 atom stereocenters. The quantitative estimate of drug-likeness (QED) is 0.715. The number of nitrogens with zero attached hydrogens (tertiary/aromatic N) is 4. The van der Waals surface area contributed by atoms with Crippen LogP contribution in [-0.2, 0) is 11.3 Å². The Morgan fingerprint density at radius 3 is 2.33 bits per heavy atom. The molecule has 0 saturated carbocycles. The Balaban J connectivity index is 1.58. The van der Waals surface area contributed by atoms with Crippen LogP contribution in [0.25, 0.3) is 10.8 Å². The first-order chi connectivity index (χ1) is 15.5. The van der Waals surface area contributed by atoms with Gasteiger partial charge in [-0.15, -0.1) is 0 Å². The molecular weight excluding hydrogens is 422 g/mol. The van der Waals surface area contributed by atoms with Gasteiger partial charge in [-0.25, -0.2) is 9.48 Å². The van der Waals surface area contributed by atoms with Crippen molar-refractivity contribution in [1.82, 2.24) is 24.9 Å². The number of aromatic nitrogens is 2.